The Bertz CT molecular complexity index is 417. The van der Waals surface area contributed by atoms with Gasteiger partial charge in [0.05, 0.1) is 11.1 Å². The van der Waals surface area contributed by atoms with E-state index in [2.05, 4.69) is 6.07 Å². The van der Waals surface area contributed by atoms with Crippen LogP contribution in [0.15, 0.2) is 18.2 Å². The van der Waals surface area contributed by atoms with Crippen LogP contribution in [0.25, 0.3) is 0 Å². The average Bonchev–Trinajstić information content (AvgIpc) is 2.99. The van der Waals surface area contributed by atoms with Crippen LogP contribution in [0.5, 0.6) is 0 Å². The minimum atomic E-state index is 0.506. The molecule has 0 heterocycles. The Morgan fingerprint density at radius 3 is 2.46 bits per heavy atom. The van der Waals surface area contributed by atoms with Crippen LogP contribution in [0.3, 0.4) is 0 Å². The molecular formula is C11H8N2. The molecule has 0 saturated heterocycles. The lowest BCUT2D eigenvalue weighted by Crippen LogP contribution is -1.90. The number of nitriles is 2. The van der Waals surface area contributed by atoms with Gasteiger partial charge in [0, 0.05) is 0 Å². The van der Waals surface area contributed by atoms with E-state index in [1.54, 1.807) is 6.07 Å². The second-order valence-corrected chi connectivity index (χ2v) is 3.27. The summed E-state index contributed by atoms with van der Waals surface area (Å²) in [6.45, 7) is 0. The van der Waals surface area contributed by atoms with Gasteiger partial charge in [-0.15, -0.1) is 0 Å². The van der Waals surface area contributed by atoms with Crippen LogP contribution in [0.4, 0.5) is 0 Å². The van der Waals surface area contributed by atoms with Crippen molar-refractivity contribution in [3.8, 4) is 12.1 Å². The van der Waals surface area contributed by atoms with Crippen LogP contribution in [0.2, 0.25) is 0 Å². The first kappa shape index (κ1) is 7.83. The Labute approximate surface area is 77.0 Å². The van der Waals surface area contributed by atoms with Crippen LogP contribution in [0.1, 0.15) is 35.4 Å². The topological polar surface area (TPSA) is 47.6 Å². The molecule has 0 N–H and O–H groups in total. The Morgan fingerprint density at radius 1 is 1.15 bits per heavy atom. The SMILES string of the molecule is N#Cc1cccc(C2CC2)c1C#N. The molecule has 0 bridgehead atoms. The van der Waals surface area contributed by atoms with E-state index in [4.69, 9.17) is 10.5 Å². The van der Waals surface area contributed by atoms with E-state index in [1.807, 2.05) is 18.2 Å². The summed E-state index contributed by atoms with van der Waals surface area (Å²) >= 11 is 0. The zero-order valence-corrected chi connectivity index (χ0v) is 7.12. The summed E-state index contributed by atoms with van der Waals surface area (Å²) in [7, 11) is 0. The maximum atomic E-state index is 8.91. The first-order valence-corrected chi connectivity index (χ1v) is 4.30. The Kier molecular flexibility index (Phi) is 1.76. The monoisotopic (exact) mass is 168 g/mol. The highest BCUT2D eigenvalue weighted by atomic mass is 14.3. The zero-order valence-electron chi connectivity index (χ0n) is 7.12. The minimum absolute atomic E-state index is 0.506. The van der Waals surface area contributed by atoms with Crippen molar-refractivity contribution in [3.05, 3.63) is 34.9 Å². The van der Waals surface area contributed by atoms with Crippen molar-refractivity contribution in [2.24, 2.45) is 0 Å². The van der Waals surface area contributed by atoms with E-state index in [0.29, 0.717) is 17.0 Å². The summed E-state index contributed by atoms with van der Waals surface area (Å²) in [5.41, 5.74) is 2.14. The summed E-state index contributed by atoms with van der Waals surface area (Å²) in [4.78, 5) is 0. The first-order valence-electron chi connectivity index (χ1n) is 4.30. The molecule has 1 aliphatic carbocycles. The molecule has 0 spiro atoms. The molecule has 0 radical (unpaired) electrons. The molecule has 62 valence electrons. The van der Waals surface area contributed by atoms with Crippen molar-refractivity contribution in [2.75, 3.05) is 0 Å². The number of rotatable bonds is 1. The van der Waals surface area contributed by atoms with E-state index < -0.39 is 0 Å². The molecule has 0 aromatic heterocycles. The van der Waals surface area contributed by atoms with Crippen molar-refractivity contribution in [2.45, 2.75) is 18.8 Å². The fourth-order valence-electron chi connectivity index (χ4n) is 1.52. The number of benzene rings is 1. The quantitative estimate of drug-likeness (QED) is 0.646. The standard InChI is InChI=1S/C11H8N2/c12-6-9-2-1-3-10(8-4-5-8)11(9)7-13/h1-3,8H,4-5H2. The molecule has 2 rings (SSSR count). The van der Waals surface area contributed by atoms with Crippen molar-refractivity contribution in [1.29, 1.82) is 10.5 Å². The highest BCUT2D eigenvalue weighted by Gasteiger charge is 2.26. The predicted octanol–water partition coefficient (Wildman–Crippen LogP) is 2.31. The molecule has 0 unspecified atom stereocenters. The van der Waals surface area contributed by atoms with Crippen LogP contribution in [0, 0.1) is 22.7 Å². The van der Waals surface area contributed by atoms with Crippen molar-refractivity contribution < 1.29 is 0 Å². The molecule has 1 saturated carbocycles. The summed E-state index contributed by atoms with van der Waals surface area (Å²) < 4.78 is 0. The number of nitrogens with zero attached hydrogens (tertiary/aromatic N) is 2. The Hall–Kier alpha value is -1.80. The lowest BCUT2D eigenvalue weighted by molar-refractivity contribution is 1.11. The third-order valence-corrected chi connectivity index (χ3v) is 2.35. The van der Waals surface area contributed by atoms with Gasteiger partial charge >= 0.3 is 0 Å². The molecular weight excluding hydrogens is 160 g/mol. The van der Waals surface area contributed by atoms with Gasteiger partial charge in [-0.25, -0.2) is 0 Å². The van der Waals surface area contributed by atoms with Gasteiger partial charge in [0.15, 0.2) is 0 Å². The fourth-order valence-corrected chi connectivity index (χ4v) is 1.52. The van der Waals surface area contributed by atoms with E-state index in [9.17, 15) is 0 Å². The lowest BCUT2D eigenvalue weighted by atomic mass is 9.99. The van der Waals surface area contributed by atoms with Gasteiger partial charge in [-0.05, 0) is 30.4 Å². The number of hydrogen-bond acceptors (Lipinski definition) is 2. The summed E-state index contributed by atoms with van der Waals surface area (Å²) in [6.07, 6.45) is 2.31. The predicted molar refractivity (Wildman–Crippen MR) is 47.8 cm³/mol. The van der Waals surface area contributed by atoms with Crippen LogP contribution < -0.4 is 0 Å². The van der Waals surface area contributed by atoms with Gasteiger partial charge < -0.3 is 0 Å². The highest BCUT2D eigenvalue weighted by molar-refractivity contribution is 5.52. The van der Waals surface area contributed by atoms with E-state index in [-0.39, 0.29) is 0 Å². The maximum Gasteiger partial charge on any atom is 0.101 e. The molecule has 1 aromatic carbocycles. The van der Waals surface area contributed by atoms with Crippen molar-refractivity contribution in [1.82, 2.24) is 0 Å². The second-order valence-electron chi connectivity index (χ2n) is 3.27. The minimum Gasteiger partial charge on any atom is -0.192 e. The van der Waals surface area contributed by atoms with Crippen LogP contribution >= 0.6 is 0 Å². The van der Waals surface area contributed by atoms with Gasteiger partial charge in [-0.2, -0.15) is 10.5 Å². The normalized spacial score (nSPS) is 14.6. The molecule has 1 fully saturated rings. The van der Waals surface area contributed by atoms with Gasteiger partial charge in [0.2, 0.25) is 0 Å². The molecule has 0 amide bonds. The third-order valence-electron chi connectivity index (χ3n) is 2.35. The van der Waals surface area contributed by atoms with Gasteiger partial charge in [0.1, 0.15) is 12.1 Å². The van der Waals surface area contributed by atoms with Crippen molar-refractivity contribution in [3.63, 3.8) is 0 Å². The molecule has 0 aliphatic heterocycles. The smallest absolute Gasteiger partial charge is 0.101 e. The second kappa shape index (κ2) is 2.92. The van der Waals surface area contributed by atoms with Gasteiger partial charge in [0.25, 0.3) is 0 Å². The van der Waals surface area contributed by atoms with Crippen molar-refractivity contribution >= 4 is 0 Å². The molecule has 13 heavy (non-hydrogen) atoms. The molecule has 0 atom stereocenters. The van der Waals surface area contributed by atoms with Crippen LogP contribution in [-0.2, 0) is 0 Å². The van der Waals surface area contributed by atoms with E-state index >= 15 is 0 Å². The molecule has 2 nitrogen and oxygen atoms in total. The maximum absolute atomic E-state index is 8.91. The first-order chi connectivity index (χ1) is 6.36. The van der Waals surface area contributed by atoms with Gasteiger partial charge in [-0.3, -0.25) is 0 Å². The molecule has 1 aromatic rings. The summed E-state index contributed by atoms with van der Waals surface area (Å²) in [5.74, 6) is 0.531. The third kappa shape index (κ3) is 1.27. The van der Waals surface area contributed by atoms with E-state index in [0.717, 1.165) is 18.4 Å². The average molecular weight is 168 g/mol. The Balaban J connectivity index is 2.57. The largest absolute Gasteiger partial charge is 0.192 e. The summed E-state index contributed by atoms with van der Waals surface area (Å²) in [5, 5.41) is 17.7. The summed E-state index contributed by atoms with van der Waals surface area (Å²) in [6, 6.07) is 9.67. The molecule has 1 aliphatic rings. The lowest BCUT2D eigenvalue weighted by Gasteiger charge is -2.01. The zero-order chi connectivity index (χ0) is 9.26. The number of hydrogen-bond donors (Lipinski definition) is 0. The van der Waals surface area contributed by atoms with Crippen LogP contribution in [-0.4, -0.2) is 0 Å². The van der Waals surface area contributed by atoms with Gasteiger partial charge in [-0.1, -0.05) is 12.1 Å². The highest BCUT2D eigenvalue weighted by Crippen LogP contribution is 2.41. The molecule has 2 heteroatoms. The Morgan fingerprint density at radius 2 is 1.92 bits per heavy atom. The van der Waals surface area contributed by atoms with E-state index in [1.165, 1.54) is 0 Å². The fraction of sp³-hybridized carbons (Fsp3) is 0.273.